The molecule has 1 heteroatoms. The average Bonchev–Trinajstić information content (AvgIpc) is 2.08. The van der Waals surface area contributed by atoms with E-state index < -0.39 is 0 Å². The van der Waals surface area contributed by atoms with Crippen LogP contribution in [-0.2, 0) is 6.42 Å². The molecule has 0 aliphatic carbocycles. The van der Waals surface area contributed by atoms with Crippen molar-refractivity contribution in [2.24, 2.45) is 0 Å². The van der Waals surface area contributed by atoms with E-state index in [4.69, 9.17) is 0 Å². The number of rotatable bonds is 2. The largest absolute Gasteiger partial charge is 0.388 e. The Morgan fingerprint density at radius 3 is 2.33 bits per heavy atom. The van der Waals surface area contributed by atoms with Crippen molar-refractivity contribution >= 4 is 5.69 Å². The zero-order chi connectivity index (χ0) is 9.14. The third-order valence-electron chi connectivity index (χ3n) is 2.33. The summed E-state index contributed by atoms with van der Waals surface area (Å²) in [4.78, 5) is 0. The van der Waals surface area contributed by atoms with Gasteiger partial charge in [-0.05, 0) is 43.0 Å². The molecule has 0 bridgehead atoms. The van der Waals surface area contributed by atoms with Crippen LogP contribution in [0.3, 0.4) is 0 Å². The fraction of sp³-hybridized carbons (Fsp3) is 0.455. The van der Waals surface area contributed by atoms with Crippen molar-refractivity contribution in [1.82, 2.24) is 0 Å². The van der Waals surface area contributed by atoms with Gasteiger partial charge in [0, 0.05) is 12.7 Å². The van der Waals surface area contributed by atoms with Gasteiger partial charge < -0.3 is 5.32 Å². The minimum atomic E-state index is 1.12. The van der Waals surface area contributed by atoms with Crippen LogP contribution in [0.2, 0.25) is 0 Å². The van der Waals surface area contributed by atoms with Crippen LogP contribution in [0, 0.1) is 13.8 Å². The Labute approximate surface area is 74.8 Å². The Kier molecular flexibility index (Phi) is 2.74. The van der Waals surface area contributed by atoms with E-state index in [-0.39, 0.29) is 0 Å². The van der Waals surface area contributed by atoms with Gasteiger partial charge in [0.15, 0.2) is 0 Å². The standard InChI is InChI=1S/C11H17N/c1-5-10-6-9(3)11(12-4)7-8(10)2/h6-7,12H,5H2,1-4H3. The van der Waals surface area contributed by atoms with Crippen LogP contribution in [0.4, 0.5) is 5.69 Å². The molecule has 0 heterocycles. The van der Waals surface area contributed by atoms with Gasteiger partial charge >= 0.3 is 0 Å². The molecule has 1 aromatic carbocycles. The maximum atomic E-state index is 3.19. The first-order chi connectivity index (χ1) is 5.69. The lowest BCUT2D eigenvalue weighted by molar-refractivity contribution is 1.10. The van der Waals surface area contributed by atoms with Gasteiger partial charge in [0.2, 0.25) is 0 Å². The highest BCUT2D eigenvalue weighted by atomic mass is 14.8. The molecule has 1 N–H and O–H groups in total. The summed E-state index contributed by atoms with van der Waals surface area (Å²) in [5, 5.41) is 3.19. The maximum Gasteiger partial charge on any atom is 0.0370 e. The van der Waals surface area contributed by atoms with Crippen molar-refractivity contribution in [3.05, 3.63) is 28.8 Å². The molecule has 12 heavy (non-hydrogen) atoms. The number of aryl methyl sites for hydroxylation is 3. The number of benzene rings is 1. The van der Waals surface area contributed by atoms with Crippen LogP contribution in [0.1, 0.15) is 23.6 Å². The summed E-state index contributed by atoms with van der Waals surface area (Å²) in [6.07, 6.45) is 1.12. The molecule has 0 radical (unpaired) electrons. The van der Waals surface area contributed by atoms with Gasteiger partial charge in [-0.1, -0.05) is 13.0 Å². The van der Waals surface area contributed by atoms with E-state index >= 15 is 0 Å². The van der Waals surface area contributed by atoms with Crippen LogP contribution >= 0.6 is 0 Å². The summed E-state index contributed by atoms with van der Waals surface area (Å²) >= 11 is 0. The van der Waals surface area contributed by atoms with Crippen molar-refractivity contribution < 1.29 is 0 Å². The molecule has 0 saturated heterocycles. The van der Waals surface area contributed by atoms with Gasteiger partial charge in [-0.25, -0.2) is 0 Å². The second-order valence-corrected chi connectivity index (χ2v) is 3.20. The van der Waals surface area contributed by atoms with E-state index in [1.807, 2.05) is 7.05 Å². The second-order valence-electron chi connectivity index (χ2n) is 3.20. The fourth-order valence-corrected chi connectivity index (χ4v) is 1.53. The zero-order valence-electron chi connectivity index (χ0n) is 8.36. The lowest BCUT2D eigenvalue weighted by Crippen LogP contribution is -1.95. The normalized spacial score (nSPS) is 10.0. The quantitative estimate of drug-likeness (QED) is 0.707. The molecular formula is C11H17N. The van der Waals surface area contributed by atoms with Crippen LogP contribution in [0.15, 0.2) is 12.1 Å². The highest BCUT2D eigenvalue weighted by Gasteiger charge is 2.00. The van der Waals surface area contributed by atoms with Crippen molar-refractivity contribution in [3.8, 4) is 0 Å². The third-order valence-corrected chi connectivity index (χ3v) is 2.33. The zero-order valence-corrected chi connectivity index (χ0v) is 8.36. The van der Waals surface area contributed by atoms with E-state index in [0.717, 1.165) is 6.42 Å². The summed E-state index contributed by atoms with van der Waals surface area (Å²) < 4.78 is 0. The van der Waals surface area contributed by atoms with Crippen molar-refractivity contribution in [2.75, 3.05) is 12.4 Å². The monoisotopic (exact) mass is 163 g/mol. The van der Waals surface area contributed by atoms with E-state index in [9.17, 15) is 0 Å². The Bertz CT molecular complexity index is 247. The summed E-state index contributed by atoms with van der Waals surface area (Å²) in [7, 11) is 1.97. The molecule has 0 amide bonds. The Morgan fingerprint density at radius 1 is 1.17 bits per heavy atom. The lowest BCUT2D eigenvalue weighted by Gasteiger charge is -2.10. The Morgan fingerprint density at radius 2 is 1.83 bits per heavy atom. The first-order valence-electron chi connectivity index (χ1n) is 4.47. The minimum Gasteiger partial charge on any atom is -0.388 e. The van der Waals surface area contributed by atoms with Crippen molar-refractivity contribution in [1.29, 1.82) is 0 Å². The topological polar surface area (TPSA) is 12.0 Å². The summed E-state index contributed by atoms with van der Waals surface area (Å²) in [5.74, 6) is 0. The summed E-state index contributed by atoms with van der Waals surface area (Å²) in [6.45, 7) is 6.50. The molecule has 1 nitrogen and oxygen atoms in total. The molecule has 1 rings (SSSR count). The van der Waals surface area contributed by atoms with Gasteiger partial charge in [-0.2, -0.15) is 0 Å². The van der Waals surface area contributed by atoms with Gasteiger partial charge in [-0.15, -0.1) is 0 Å². The molecule has 0 aliphatic heterocycles. The Hall–Kier alpha value is -0.980. The van der Waals surface area contributed by atoms with Crippen LogP contribution in [0.25, 0.3) is 0 Å². The van der Waals surface area contributed by atoms with Crippen LogP contribution in [-0.4, -0.2) is 7.05 Å². The van der Waals surface area contributed by atoms with E-state index in [1.54, 1.807) is 0 Å². The summed E-state index contributed by atoms with van der Waals surface area (Å²) in [5.41, 5.74) is 5.41. The maximum absolute atomic E-state index is 3.19. The van der Waals surface area contributed by atoms with Crippen molar-refractivity contribution in [2.45, 2.75) is 27.2 Å². The SMILES string of the molecule is CCc1cc(C)c(NC)cc1C. The molecule has 0 atom stereocenters. The highest BCUT2D eigenvalue weighted by Crippen LogP contribution is 2.20. The van der Waals surface area contributed by atoms with Gasteiger partial charge in [0.25, 0.3) is 0 Å². The smallest absolute Gasteiger partial charge is 0.0370 e. The molecular weight excluding hydrogens is 146 g/mol. The average molecular weight is 163 g/mol. The van der Waals surface area contributed by atoms with Gasteiger partial charge in [0.1, 0.15) is 0 Å². The van der Waals surface area contributed by atoms with E-state index in [1.165, 1.54) is 22.4 Å². The predicted octanol–water partition coefficient (Wildman–Crippen LogP) is 2.91. The van der Waals surface area contributed by atoms with E-state index in [2.05, 4.69) is 38.2 Å². The molecule has 66 valence electrons. The van der Waals surface area contributed by atoms with Gasteiger partial charge in [0.05, 0.1) is 0 Å². The second kappa shape index (κ2) is 3.61. The third kappa shape index (κ3) is 1.60. The van der Waals surface area contributed by atoms with Crippen LogP contribution in [0.5, 0.6) is 0 Å². The lowest BCUT2D eigenvalue weighted by atomic mass is 10.0. The number of nitrogens with one attached hydrogen (secondary N) is 1. The molecule has 0 aromatic heterocycles. The van der Waals surface area contributed by atoms with E-state index in [0.29, 0.717) is 0 Å². The fourth-order valence-electron chi connectivity index (χ4n) is 1.53. The molecule has 0 unspecified atom stereocenters. The molecule has 0 spiro atoms. The summed E-state index contributed by atoms with van der Waals surface area (Å²) in [6, 6.07) is 4.48. The molecule has 0 fully saturated rings. The predicted molar refractivity (Wildman–Crippen MR) is 54.8 cm³/mol. The Balaban J connectivity index is 3.16. The first kappa shape index (κ1) is 9.11. The number of anilines is 1. The molecule has 0 aliphatic rings. The number of hydrogen-bond acceptors (Lipinski definition) is 1. The van der Waals surface area contributed by atoms with Crippen molar-refractivity contribution in [3.63, 3.8) is 0 Å². The van der Waals surface area contributed by atoms with Gasteiger partial charge in [-0.3, -0.25) is 0 Å². The first-order valence-corrected chi connectivity index (χ1v) is 4.47. The molecule has 0 saturated carbocycles. The van der Waals surface area contributed by atoms with Crippen LogP contribution < -0.4 is 5.32 Å². The number of hydrogen-bond donors (Lipinski definition) is 1. The minimum absolute atomic E-state index is 1.12. The highest BCUT2D eigenvalue weighted by molar-refractivity contribution is 5.54. The molecule has 1 aromatic rings.